The Morgan fingerprint density at radius 3 is 2.78 bits per heavy atom. The smallest absolute Gasteiger partial charge is 0.253 e. The summed E-state index contributed by atoms with van der Waals surface area (Å²) in [4.78, 5) is 17.2. The van der Waals surface area contributed by atoms with Gasteiger partial charge in [-0.3, -0.25) is 4.79 Å². The van der Waals surface area contributed by atoms with Crippen LogP contribution in [0.3, 0.4) is 0 Å². The van der Waals surface area contributed by atoms with Crippen molar-refractivity contribution < 1.29 is 9.53 Å². The largest absolute Gasteiger partial charge is 0.464 e. The van der Waals surface area contributed by atoms with Gasteiger partial charge in [0, 0.05) is 43.5 Å². The first kappa shape index (κ1) is 17.4. The molecular formula is C23H24N2O2. The van der Waals surface area contributed by atoms with Crippen LogP contribution in [-0.4, -0.2) is 37.5 Å². The molecule has 1 fully saturated rings. The summed E-state index contributed by atoms with van der Waals surface area (Å²) in [5.41, 5.74) is 2.84. The van der Waals surface area contributed by atoms with Crippen LogP contribution in [0, 0.1) is 5.92 Å². The molecule has 2 aliphatic rings. The van der Waals surface area contributed by atoms with E-state index in [0.717, 1.165) is 37.4 Å². The molecule has 138 valence electrons. The van der Waals surface area contributed by atoms with E-state index in [1.807, 2.05) is 48.4 Å². The van der Waals surface area contributed by atoms with Crippen LogP contribution in [0.5, 0.6) is 5.75 Å². The second-order valence-electron chi connectivity index (χ2n) is 7.18. The lowest BCUT2D eigenvalue weighted by atomic mass is 10.1. The molecule has 1 amide bonds. The summed E-state index contributed by atoms with van der Waals surface area (Å²) in [5, 5.41) is 0. The van der Waals surface area contributed by atoms with Crippen molar-refractivity contribution in [3.63, 3.8) is 0 Å². The van der Waals surface area contributed by atoms with E-state index in [0.29, 0.717) is 11.5 Å². The Morgan fingerprint density at radius 2 is 1.93 bits per heavy atom. The van der Waals surface area contributed by atoms with Gasteiger partial charge in [-0.25, -0.2) is 0 Å². The van der Waals surface area contributed by atoms with Crippen LogP contribution in [0.15, 0.2) is 72.5 Å². The number of carbonyl (C=O) groups excluding carboxylic acids is 1. The third-order valence-electron chi connectivity index (χ3n) is 5.21. The van der Waals surface area contributed by atoms with Crippen LogP contribution < -0.4 is 9.64 Å². The minimum Gasteiger partial charge on any atom is -0.464 e. The van der Waals surface area contributed by atoms with Crippen LogP contribution >= 0.6 is 0 Å². The predicted octanol–water partition coefficient (Wildman–Crippen LogP) is 3.96. The number of anilines is 1. The van der Waals surface area contributed by atoms with Crippen molar-refractivity contribution in [1.29, 1.82) is 0 Å². The van der Waals surface area contributed by atoms with E-state index in [-0.39, 0.29) is 5.91 Å². The minimum absolute atomic E-state index is 0.0321. The van der Waals surface area contributed by atoms with Crippen LogP contribution in [0.2, 0.25) is 0 Å². The summed E-state index contributed by atoms with van der Waals surface area (Å²) in [5.74, 6) is 1.29. The first-order chi connectivity index (χ1) is 13.2. The minimum atomic E-state index is 0.0321. The molecule has 1 atom stereocenters. The van der Waals surface area contributed by atoms with Gasteiger partial charge in [0.1, 0.15) is 5.75 Å². The lowest BCUT2D eigenvalue weighted by molar-refractivity contribution is -0.125. The first-order valence-electron chi connectivity index (χ1n) is 9.40. The zero-order chi connectivity index (χ0) is 18.6. The summed E-state index contributed by atoms with van der Waals surface area (Å²) < 4.78 is 5.60. The Hall–Kier alpha value is -3.01. The monoisotopic (exact) mass is 360 g/mol. The van der Waals surface area contributed by atoms with Crippen molar-refractivity contribution in [2.75, 3.05) is 31.6 Å². The molecule has 1 saturated heterocycles. The van der Waals surface area contributed by atoms with Gasteiger partial charge in [0.05, 0.1) is 6.26 Å². The summed E-state index contributed by atoms with van der Waals surface area (Å²) in [6.07, 6.45) is 6.36. The van der Waals surface area contributed by atoms with E-state index in [2.05, 4.69) is 29.2 Å². The van der Waals surface area contributed by atoms with Crippen molar-refractivity contribution in [2.45, 2.75) is 6.42 Å². The van der Waals surface area contributed by atoms with Gasteiger partial charge >= 0.3 is 0 Å². The Balaban J connectivity index is 1.41. The third-order valence-corrected chi connectivity index (χ3v) is 5.21. The SMILES string of the molecule is CN(C[C@@H]1CCN(c2ccccc2)C1)C(=O)C1=Cc2ccccc2OC=C1. The van der Waals surface area contributed by atoms with E-state index in [1.165, 1.54) is 5.69 Å². The molecule has 0 unspecified atom stereocenters. The molecule has 2 aromatic rings. The molecule has 4 rings (SSSR count). The van der Waals surface area contributed by atoms with Crippen LogP contribution in [0.1, 0.15) is 12.0 Å². The van der Waals surface area contributed by atoms with E-state index in [4.69, 9.17) is 4.74 Å². The number of hydrogen-bond acceptors (Lipinski definition) is 3. The maximum atomic E-state index is 12.9. The van der Waals surface area contributed by atoms with Gasteiger partial charge < -0.3 is 14.5 Å². The summed E-state index contributed by atoms with van der Waals surface area (Å²) >= 11 is 0. The highest BCUT2D eigenvalue weighted by molar-refractivity contribution is 6.01. The van der Waals surface area contributed by atoms with Crippen molar-refractivity contribution in [2.24, 2.45) is 5.92 Å². The van der Waals surface area contributed by atoms with Gasteiger partial charge in [0.15, 0.2) is 0 Å². The molecule has 4 heteroatoms. The van der Waals surface area contributed by atoms with Crippen molar-refractivity contribution in [1.82, 2.24) is 4.90 Å². The molecular weight excluding hydrogens is 336 g/mol. The number of hydrogen-bond donors (Lipinski definition) is 0. The Labute approximate surface area is 160 Å². The third kappa shape index (κ3) is 3.90. The molecule has 0 radical (unpaired) electrons. The summed E-state index contributed by atoms with van der Waals surface area (Å²) in [6.45, 7) is 2.79. The number of benzene rings is 2. The normalized spacial score (nSPS) is 18.3. The van der Waals surface area contributed by atoms with E-state index >= 15 is 0 Å². The molecule has 0 aliphatic carbocycles. The molecule has 4 nitrogen and oxygen atoms in total. The van der Waals surface area contributed by atoms with Gasteiger partial charge in [0.25, 0.3) is 5.91 Å². The highest BCUT2D eigenvalue weighted by Gasteiger charge is 2.26. The molecule has 0 aromatic heterocycles. The second kappa shape index (κ2) is 7.70. The Kier molecular flexibility index (Phi) is 4.97. The average molecular weight is 360 g/mol. The van der Waals surface area contributed by atoms with E-state index in [1.54, 1.807) is 12.3 Å². The van der Waals surface area contributed by atoms with E-state index in [9.17, 15) is 4.79 Å². The van der Waals surface area contributed by atoms with Crippen molar-refractivity contribution >= 4 is 17.7 Å². The predicted molar refractivity (Wildman–Crippen MR) is 109 cm³/mol. The number of fused-ring (bicyclic) bond motifs is 1. The molecule has 0 N–H and O–H groups in total. The standard InChI is InChI=1S/C23H24N2O2/c1-24(16-18-11-13-25(17-18)21-8-3-2-4-9-21)23(26)20-12-14-27-22-10-6-5-7-19(22)15-20/h2-10,12,14-15,18H,11,13,16-17H2,1H3/t18-/m0/s1. The fourth-order valence-electron chi connectivity index (χ4n) is 3.78. The van der Waals surface area contributed by atoms with Crippen LogP contribution in [-0.2, 0) is 4.79 Å². The Bertz CT molecular complexity index is 873. The first-order valence-corrected chi connectivity index (χ1v) is 9.40. The number of amides is 1. The van der Waals surface area contributed by atoms with Crippen LogP contribution in [0.4, 0.5) is 5.69 Å². The highest BCUT2D eigenvalue weighted by atomic mass is 16.5. The molecule has 27 heavy (non-hydrogen) atoms. The molecule has 2 heterocycles. The molecule has 0 bridgehead atoms. The number of nitrogens with zero attached hydrogens (tertiary/aromatic N) is 2. The fourth-order valence-corrected chi connectivity index (χ4v) is 3.78. The summed E-state index contributed by atoms with van der Waals surface area (Å²) in [7, 11) is 1.89. The molecule has 2 aromatic carbocycles. The van der Waals surface area contributed by atoms with Gasteiger partial charge in [-0.1, -0.05) is 36.4 Å². The van der Waals surface area contributed by atoms with Crippen LogP contribution in [0.25, 0.3) is 6.08 Å². The van der Waals surface area contributed by atoms with Gasteiger partial charge in [0.2, 0.25) is 0 Å². The zero-order valence-corrected chi connectivity index (χ0v) is 15.5. The summed E-state index contributed by atoms with van der Waals surface area (Å²) in [6, 6.07) is 18.2. The number of para-hydroxylation sites is 2. The average Bonchev–Trinajstić information content (AvgIpc) is 3.05. The number of likely N-dealkylation sites (N-methyl/N-ethyl adjacent to an activating group) is 1. The number of ether oxygens (including phenoxy) is 1. The molecule has 0 spiro atoms. The lowest BCUT2D eigenvalue weighted by Gasteiger charge is -2.23. The maximum absolute atomic E-state index is 12.9. The molecule has 2 aliphatic heterocycles. The van der Waals surface area contributed by atoms with Crippen molar-refractivity contribution in [3.05, 3.63) is 78.1 Å². The maximum Gasteiger partial charge on any atom is 0.253 e. The molecule has 0 saturated carbocycles. The van der Waals surface area contributed by atoms with Gasteiger partial charge in [-0.05, 0) is 42.7 Å². The topological polar surface area (TPSA) is 32.8 Å². The fraction of sp³-hybridized carbons (Fsp3) is 0.261. The second-order valence-corrected chi connectivity index (χ2v) is 7.18. The van der Waals surface area contributed by atoms with E-state index < -0.39 is 0 Å². The quantitative estimate of drug-likeness (QED) is 0.827. The highest BCUT2D eigenvalue weighted by Crippen LogP contribution is 2.26. The Morgan fingerprint density at radius 1 is 1.15 bits per heavy atom. The number of carbonyl (C=O) groups is 1. The zero-order valence-electron chi connectivity index (χ0n) is 15.5. The van der Waals surface area contributed by atoms with Gasteiger partial charge in [-0.2, -0.15) is 0 Å². The van der Waals surface area contributed by atoms with Gasteiger partial charge in [-0.15, -0.1) is 0 Å². The lowest BCUT2D eigenvalue weighted by Crippen LogP contribution is -2.33. The van der Waals surface area contributed by atoms with Crippen molar-refractivity contribution in [3.8, 4) is 5.75 Å². The number of rotatable bonds is 4.